The maximum atomic E-state index is 4.22. The van der Waals surface area contributed by atoms with Crippen molar-refractivity contribution in [3.05, 3.63) is 24.4 Å². The van der Waals surface area contributed by atoms with Crippen molar-refractivity contribution in [1.29, 1.82) is 0 Å². The standard InChI is InChI=1S/C7H10NSi.Y/c1-9(2)7-5-3-4-6-8-7;/h3-6H,1-2H3;. The van der Waals surface area contributed by atoms with Gasteiger partial charge >= 0.3 is 0 Å². The maximum Gasteiger partial charge on any atom is 0.104 e. The van der Waals surface area contributed by atoms with Gasteiger partial charge in [-0.25, -0.2) is 0 Å². The molecule has 0 saturated carbocycles. The smallest absolute Gasteiger partial charge is 0.104 e. The number of pyridine rings is 1. The van der Waals surface area contributed by atoms with E-state index in [9.17, 15) is 0 Å². The number of hydrogen-bond acceptors (Lipinski definition) is 1. The molecule has 0 aliphatic rings. The van der Waals surface area contributed by atoms with Gasteiger partial charge in [-0.2, -0.15) is 0 Å². The third kappa shape index (κ3) is 3.04. The van der Waals surface area contributed by atoms with Gasteiger partial charge in [-0.15, -0.1) is 0 Å². The van der Waals surface area contributed by atoms with Crippen LogP contribution in [-0.2, 0) is 32.7 Å². The number of aromatic nitrogens is 1. The van der Waals surface area contributed by atoms with E-state index in [1.54, 1.807) is 0 Å². The molecule has 0 spiro atoms. The van der Waals surface area contributed by atoms with Gasteiger partial charge in [0.2, 0.25) is 0 Å². The molecule has 0 saturated heterocycles. The Hall–Kier alpha value is 0.471. The van der Waals surface area contributed by atoms with Crippen LogP contribution >= 0.6 is 0 Å². The molecule has 0 bridgehead atoms. The average Bonchev–Trinajstić information content (AvgIpc) is 1.90. The van der Waals surface area contributed by atoms with Crippen LogP contribution in [0.3, 0.4) is 0 Å². The van der Waals surface area contributed by atoms with Crippen molar-refractivity contribution in [2.24, 2.45) is 0 Å². The minimum Gasteiger partial charge on any atom is -0.266 e. The van der Waals surface area contributed by atoms with Gasteiger partial charge in [0.15, 0.2) is 0 Å². The summed E-state index contributed by atoms with van der Waals surface area (Å²) in [5, 5.41) is 1.27. The zero-order chi connectivity index (χ0) is 6.69. The Morgan fingerprint density at radius 2 is 2.00 bits per heavy atom. The minimum absolute atomic E-state index is 0. The van der Waals surface area contributed by atoms with Crippen molar-refractivity contribution in [2.75, 3.05) is 0 Å². The molecule has 3 heteroatoms. The van der Waals surface area contributed by atoms with Crippen molar-refractivity contribution < 1.29 is 32.7 Å². The van der Waals surface area contributed by atoms with E-state index in [2.05, 4.69) is 24.1 Å². The predicted octanol–water partition coefficient (Wildman–Crippen LogP) is 1.04. The first-order valence-corrected chi connectivity index (χ1v) is 5.52. The topological polar surface area (TPSA) is 12.9 Å². The van der Waals surface area contributed by atoms with Gasteiger partial charge in [0.05, 0.1) is 0 Å². The van der Waals surface area contributed by atoms with Crippen LogP contribution < -0.4 is 5.32 Å². The first-order valence-electron chi connectivity index (χ1n) is 3.02. The van der Waals surface area contributed by atoms with E-state index in [0.29, 0.717) is 0 Å². The van der Waals surface area contributed by atoms with Crippen molar-refractivity contribution in [3.8, 4) is 0 Å². The van der Waals surface area contributed by atoms with Crippen LogP contribution in [0, 0.1) is 0 Å². The average molecular weight is 225 g/mol. The van der Waals surface area contributed by atoms with Gasteiger partial charge in [-0.3, -0.25) is 4.98 Å². The maximum absolute atomic E-state index is 4.22. The summed E-state index contributed by atoms with van der Waals surface area (Å²) in [6.07, 6.45) is 1.85. The number of hydrogen-bond donors (Lipinski definition) is 0. The zero-order valence-corrected chi connectivity index (χ0v) is 10.2. The quantitative estimate of drug-likeness (QED) is 0.651. The molecule has 1 aromatic heterocycles. The molecule has 0 N–H and O–H groups in total. The van der Waals surface area contributed by atoms with Gasteiger partial charge in [0.1, 0.15) is 8.80 Å². The molecule has 1 nitrogen and oxygen atoms in total. The molecule has 0 fully saturated rings. The van der Waals surface area contributed by atoms with Gasteiger partial charge in [-0.1, -0.05) is 19.2 Å². The van der Waals surface area contributed by atoms with Crippen molar-refractivity contribution in [3.63, 3.8) is 0 Å². The molecule has 0 unspecified atom stereocenters. The molecule has 0 aromatic carbocycles. The monoisotopic (exact) mass is 225 g/mol. The van der Waals surface area contributed by atoms with Crippen LogP contribution in [0.25, 0.3) is 0 Å². The summed E-state index contributed by atoms with van der Waals surface area (Å²) in [4.78, 5) is 4.22. The molecule has 0 aliphatic heterocycles. The van der Waals surface area contributed by atoms with E-state index >= 15 is 0 Å². The fourth-order valence-electron chi connectivity index (χ4n) is 0.659. The predicted molar refractivity (Wildman–Crippen MR) is 41.4 cm³/mol. The first-order chi connectivity index (χ1) is 4.30. The van der Waals surface area contributed by atoms with Crippen LogP contribution in [0.5, 0.6) is 0 Å². The molecule has 50 valence electrons. The Morgan fingerprint density at radius 3 is 2.30 bits per heavy atom. The molecule has 1 aromatic rings. The minimum atomic E-state index is -0.323. The Morgan fingerprint density at radius 1 is 1.30 bits per heavy atom. The number of nitrogens with zero attached hydrogens (tertiary/aromatic N) is 1. The molecule has 0 aliphatic carbocycles. The van der Waals surface area contributed by atoms with E-state index < -0.39 is 0 Å². The summed E-state index contributed by atoms with van der Waals surface area (Å²) >= 11 is 0. The normalized spacial score (nSPS) is 9.10. The summed E-state index contributed by atoms with van der Waals surface area (Å²) in [6, 6.07) is 6.09. The molecule has 1 heterocycles. The summed E-state index contributed by atoms with van der Waals surface area (Å²) < 4.78 is 0. The summed E-state index contributed by atoms with van der Waals surface area (Å²) in [5.74, 6) is 0. The Kier molecular flexibility index (Phi) is 5.41. The van der Waals surface area contributed by atoms with Gasteiger partial charge in [-0.05, 0) is 12.1 Å². The SMILES string of the molecule is C[Si](C)c1ccccn1.[Y]. The second-order valence-corrected chi connectivity index (χ2v) is 4.73. The second kappa shape index (κ2) is 5.16. The number of rotatable bonds is 1. The molecular formula is C7H10NSiY. The first kappa shape index (κ1) is 10.5. The van der Waals surface area contributed by atoms with Gasteiger partial charge in [0.25, 0.3) is 0 Å². The van der Waals surface area contributed by atoms with E-state index in [4.69, 9.17) is 0 Å². The molecule has 2 radical (unpaired) electrons. The molecule has 0 amide bonds. The van der Waals surface area contributed by atoms with Crippen LogP contribution in [0.4, 0.5) is 0 Å². The summed E-state index contributed by atoms with van der Waals surface area (Å²) in [7, 11) is -0.323. The molecule has 10 heavy (non-hydrogen) atoms. The van der Waals surface area contributed by atoms with E-state index in [-0.39, 0.29) is 41.5 Å². The summed E-state index contributed by atoms with van der Waals surface area (Å²) in [6.45, 7) is 4.49. The van der Waals surface area contributed by atoms with Crippen molar-refractivity contribution in [1.82, 2.24) is 4.98 Å². The van der Waals surface area contributed by atoms with Crippen molar-refractivity contribution >= 4 is 14.1 Å². The Balaban J connectivity index is 0.000000810. The van der Waals surface area contributed by atoms with Gasteiger partial charge in [0, 0.05) is 44.2 Å². The largest absolute Gasteiger partial charge is 0.266 e. The van der Waals surface area contributed by atoms with Gasteiger partial charge < -0.3 is 0 Å². The fraction of sp³-hybridized carbons (Fsp3) is 0.286. The van der Waals surface area contributed by atoms with E-state index in [1.807, 2.05) is 18.3 Å². The third-order valence-electron chi connectivity index (χ3n) is 1.18. The molecular weight excluding hydrogens is 215 g/mol. The third-order valence-corrected chi connectivity index (χ3v) is 2.50. The zero-order valence-electron chi connectivity index (χ0n) is 6.33. The Bertz CT molecular complexity index is 176. The summed E-state index contributed by atoms with van der Waals surface area (Å²) in [5.41, 5.74) is 0. The van der Waals surface area contributed by atoms with Crippen LogP contribution in [0.2, 0.25) is 13.1 Å². The second-order valence-electron chi connectivity index (χ2n) is 2.21. The van der Waals surface area contributed by atoms with Crippen LogP contribution in [-0.4, -0.2) is 13.8 Å². The van der Waals surface area contributed by atoms with E-state index in [0.717, 1.165) is 0 Å². The van der Waals surface area contributed by atoms with Crippen molar-refractivity contribution in [2.45, 2.75) is 13.1 Å². The molecule has 1 rings (SSSR count). The van der Waals surface area contributed by atoms with E-state index in [1.165, 1.54) is 5.32 Å². The van der Waals surface area contributed by atoms with Crippen LogP contribution in [0.15, 0.2) is 24.4 Å². The molecule has 0 atom stereocenters. The fourth-order valence-corrected chi connectivity index (χ4v) is 1.42. The Labute approximate surface area is 88.7 Å². The van der Waals surface area contributed by atoms with Crippen LogP contribution in [0.1, 0.15) is 0 Å².